The Labute approximate surface area is 121 Å². The minimum absolute atomic E-state index is 0.378. The van der Waals surface area contributed by atoms with E-state index in [-0.39, 0.29) is 5.97 Å². The average Bonchev–Trinajstić information content (AvgIpc) is 2.52. The Morgan fingerprint density at radius 1 is 1.30 bits per heavy atom. The van der Waals surface area contributed by atoms with Crippen molar-refractivity contribution in [1.29, 1.82) is 0 Å². The van der Waals surface area contributed by atoms with Crippen molar-refractivity contribution >= 4 is 17.2 Å². The number of para-hydroxylation sites is 1. The number of methoxy groups -OCH3 is 1. The molecule has 108 valence electrons. The summed E-state index contributed by atoms with van der Waals surface area (Å²) >= 11 is 0. The minimum Gasteiger partial charge on any atom is -0.465 e. The number of hydrogen-bond acceptors (Lipinski definition) is 3. The van der Waals surface area contributed by atoms with Gasteiger partial charge in [-0.1, -0.05) is 44.0 Å². The van der Waals surface area contributed by atoms with Gasteiger partial charge in [-0.2, -0.15) is 0 Å². The molecule has 0 saturated heterocycles. The number of carbonyl (C=O) groups excluding carboxylic acids is 1. The molecule has 3 nitrogen and oxygen atoms in total. The van der Waals surface area contributed by atoms with Crippen LogP contribution in [0.1, 0.15) is 37.7 Å². The van der Waals surface area contributed by atoms with Gasteiger partial charge in [-0.3, -0.25) is 0 Å². The lowest BCUT2D eigenvalue weighted by Gasteiger charge is -2.23. The summed E-state index contributed by atoms with van der Waals surface area (Å²) in [6.45, 7) is 4.80. The Morgan fingerprint density at radius 3 is 2.70 bits per heavy atom. The van der Waals surface area contributed by atoms with Crippen molar-refractivity contribution in [3.05, 3.63) is 36.4 Å². The van der Waals surface area contributed by atoms with Gasteiger partial charge in [0.2, 0.25) is 0 Å². The summed E-state index contributed by atoms with van der Waals surface area (Å²) in [7, 11) is 1.38. The molecule has 0 atom stereocenters. The first kappa shape index (κ1) is 14.6. The monoisotopic (exact) mass is 273 g/mol. The molecule has 3 heteroatoms. The summed E-state index contributed by atoms with van der Waals surface area (Å²) in [5.41, 5.74) is 2.20. The van der Waals surface area contributed by atoms with E-state index in [1.54, 1.807) is 0 Å². The Kier molecular flexibility index (Phi) is 5.22. The van der Waals surface area contributed by atoms with Gasteiger partial charge in [-0.15, -0.1) is 0 Å². The molecule has 1 aliphatic carbocycles. The molecule has 20 heavy (non-hydrogen) atoms. The van der Waals surface area contributed by atoms with Gasteiger partial charge in [-0.25, -0.2) is 4.79 Å². The SMILES string of the molecule is C=C(C(=O)OC)c1ccccc1NCC1CCCCC1. The smallest absolute Gasteiger partial charge is 0.337 e. The Hall–Kier alpha value is -1.77. The van der Waals surface area contributed by atoms with Crippen LogP contribution >= 0.6 is 0 Å². The van der Waals surface area contributed by atoms with Gasteiger partial charge in [0.15, 0.2) is 0 Å². The van der Waals surface area contributed by atoms with Gasteiger partial charge in [-0.05, 0) is 24.8 Å². The second-order valence-electron chi connectivity index (χ2n) is 5.40. The van der Waals surface area contributed by atoms with Gasteiger partial charge in [0.05, 0.1) is 12.7 Å². The van der Waals surface area contributed by atoms with E-state index in [1.807, 2.05) is 24.3 Å². The first-order chi connectivity index (χ1) is 9.72. The number of hydrogen-bond donors (Lipinski definition) is 1. The summed E-state index contributed by atoms with van der Waals surface area (Å²) in [4.78, 5) is 11.6. The number of nitrogens with one attached hydrogen (secondary N) is 1. The van der Waals surface area contributed by atoms with E-state index in [1.165, 1.54) is 39.2 Å². The first-order valence-electron chi connectivity index (χ1n) is 7.33. The lowest BCUT2D eigenvalue weighted by atomic mass is 9.89. The zero-order valence-corrected chi connectivity index (χ0v) is 12.2. The summed E-state index contributed by atoms with van der Waals surface area (Å²) in [5.74, 6) is 0.361. The van der Waals surface area contributed by atoms with Crippen LogP contribution in [0, 0.1) is 5.92 Å². The Morgan fingerprint density at radius 2 is 2.00 bits per heavy atom. The maximum Gasteiger partial charge on any atom is 0.337 e. The first-order valence-corrected chi connectivity index (χ1v) is 7.33. The van der Waals surface area contributed by atoms with Crippen molar-refractivity contribution in [3.8, 4) is 0 Å². The van der Waals surface area contributed by atoms with E-state index in [0.29, 0.717) is 5.57 Å². The van der Waals surface area contributed by atoms with Crippen molar-refractivity contribution in [2.45, 2.75) is 32.1 Å². The molecular formula is C17H23NO2. The van der Waals surface area contributed by atoms with Gasteiger partial charge < -0.3 is 10.1 Å². The molecule has 0 bridgehead atoms. The lowest BCUT2D eigenvalue weighted by molar-refractivity contribution is -0.133. The number of carbonyl (C=O) groups is 1. The summed E-state index contributed by atoms with van der Waals surface area (Å²) < 4.78 is 4.75. The van der Waals surface area contributed by atoms with Crippen LogP contribution in [-0.4, -0.2) is 19.6 Å². The average molecular weight is 273 g/mol. The van der Waals surface area contributed by atoms with Crippen LogP contribution in [0.2, 0.25) is 0 Å². The lowest BCUT2D eigenvalue weighted by Crippen LogP contribution is -2.18. The van der Waals surface area contributed by atoms with Gasteiger partial charge in [0, 0.05) is 17.8 Å². The van der Waals surface area contributed by atoms with E-state index >= 15 is 0 Å². The normalized spacial score (nSPS) is 15.7. The summed E-state index contributed by atoms with van der Waals surface area (Å²) in [5, 5.41) is 3.47. The molecular weight excluding hydrogens is 250 g/mol. The molecule has 0 aromatic heterocycles. The maximum absolute atomic E-state index is 11.6. The number of anilines is 1. The van der Waals surface area contributed by atoms with Crippen molar-refractivity contribution in [1.82, 2.24) is 0 Å². The molecule has 1 fully saturated rings. The zero-order valence-electron chi connectivity index (χ0n) is 12.2. The van der Waals surface area contributed by atoms with Crippen LogP contribution in [-0.2, 0) is 9.53 Å². The Balaban J connectivity index is 2.03. The number of esters is 1. The molecule has 0 unspecified atom stereocenters. The molecule has 0 aliphatic heterocycles. The van der Waals surface area contributed by atoms with E-state index in [2.05, 4.69) is 11.9 Å². The fraction of sp³-hybridized carbons (Fsp3) is 0.471. The third-order valence-corrected chi connectivity index (χ3v) is 3.99. The van der Waals surface area contributed by atoms with E-state index in [4.69, 9.17) is 4.74 Å². The Bertz CT molecular complexity index is 476. The fourth-order valence-electron chi connectivity index (χ4n) is 2.78. The highest BCUT2D eigenvalue weighted by atomic mass is 16.5. The molecule has 0 spiro atoms. The standard InChI is InChI=1S/C17H23NO2/c1-13(17(19)20-2)15-10-6-7-11-16(15)18-12-14-8-4-3-5-9-14/h6-7,10-11,14,18H,1,3-5,8-9,12H2,2H3. The second kappa shape index (κ2) is 7.13. The largest absolute Gasteiger partial charge is 0.465 e. The number of benzene rings is 1. The van der Waals surface area contributed by atoms with Crippen LogP contribution < -0.4 is 5.32 Å². The molecule has 0 amide bonds. The minimum atomic E-state index is -0.378. The maximum atomic E-state index is 11.6. The predicted molar refractivity (Wildman–Crippen MR) is 82.6 cm³/mol. The fourth-order valence-corrected chi connectivity index (χ4v) is 2.78. The van der Waals surface area contributed by atoms with Gasteiger partial charge in [0.1, 0.15) is 0 Å². The molecule has 0 radical (unpaired) electrons. The highest BCUT2D eigenvalue weighted by Gasteiger charge is 2.16. The number of ether oxygens (including phenoxy) is 1. The molecule has 1 aromatic carbocycles. The van der Waals surface area contributed by atoms with Crippen LogP contribution in [0.4, 0.5) is 5.69 Å². The third kappa shape index (κ3) is 3.62. The molecule has 0 heterocycles. The highest BCUT2D eigenvalue weighted by molar-refractivity contribution is 6.17. The molecule has 2 rings (SSSR count). The van der Waals surface area contributed by atoms with Crippen LogP contribution in [0.5, 0.6) is 0 Å². The van der Waals surface area contributed by atoms with Gasteiger partial charge in [0.25, 0.3) is 0 Å². The second-order valence-corrected chi connectivity index (χ2v) is 5.40. The quantitative estimate of drug-likeness (QED) is 0.654. The summed E-state index contributed by atoms with van der Waals surface area (Å²) in [6, 6.07) is 7.78. The van der Waals surface area contributed by atoms with Crippen molar-refractivity contribution < 1.29 is 9.53 Å². The summed E-state index contributed by atoms with van der Waals surface area (Å²) in [6.07, 6.45) is 6.64. The highest BCUT2D eigenvalue weighted by Crippen LogP contribution is 2.27. The van der Waals surface area contributed by atoms with Crippen LogP contribution in [0.3, 0.4) is 0 Å². The topological polar surface area (TPSA) is 38.3 Å². The van der Waals surface area contributed by atoms with Crippen LogP contribution in [0.15, 0.2) is 30.8 Å². The molecule has 1 aliphatic rings. The van der Waals surface area contributed by atoms with Crippen LogP contribution in [0.25, 0.3) is 5.57 Å². The van der Waals surface area contributed by atoms with Crippen molar-refractivity contribution in [2.75, 3.05) is 19.0 Å². The third-order valence-electron chi connectivity index (χ3n) is 3.99. The molecule has 1 aromatic rings. The molecule has 1 N–H and O–H groups in total. The molecule has 1 saturated carbocycles. The van der Waals surface area contributed by atoms with E-state index < -0.39 is 0 Å². The van der Waals surface area contributed by atoms with Crippen molar-refractivity contribution in [3.63, 3.8) is 0 Å². The van der Waals surface area contributed by atoms with E-state index in [0.717, 1.165) is 23.7 Å². The zero-order chi connectivity index (χ0) is 14.4. The number of rotatable bonds is 5. The van der Waals surface area contributed by atoms with E-state index in [9.17, 15) is 4.79 Å². The van der Waals surface area contributed by atoms with Crippen molar-refractivity contribution in [2.24, 2.45) is 5.92 Å². The van der Waals surface area contributed by atoms with Gasteiger partial charge >= 0.3 is 5.97 Å². The predicted octanol–water partition coefficient (Wildman–Crippen LogP) is 3.87.